The van der Waals surface area contributed by atoms with Crippen LogP contribution in [0.15, 0.2) is 72.3 Å². The van der Waals surface area contributed by atoms with Gasteiger partial charge in [0.25, 0.3) is 11.7 Å². The fraction of sp³-hybridized carbons (Fsp3) is 0.267. The number of hydrogen-bond acceptors (Lipinski definition) is 5. The molecule has 37 heavy (non-hydrogen) atoms. The van der Waals surface area contributed by atoms with Crippen molar-refractivity contribution in [1.29, 1.82) is 0 Å². The monoisotopic (exact) mass is 503 g/mol. The molecule has 1 unspecified atom stereocenters. The number of carbonyl (C=O) groups excluding carboxylic acids is 2. The molecule has 7 heteroatoms. The minimum absolute atomic E-state index is 0.00876. The van der Waals surface area contributed by atoms with E-state index in [0.717, 1.165) is 11.1 Å². The highest BCUT2D eigenvalue weighted by Gasteiger charge is 2.46. The van der Waals surface area contributed by atoms with E-state index in [1.165, 1.54) is 24.1 Å². The molecule has 0 spiro atoms. The Morgan fingerprint density at radius 2 is 1.70 bits per heavy atom. The van der Waals surface area contributed by atoms with Crippen molar-refractivity contribution in [2.45, 2.75) is 39.3 Å². The molecular formula is C30H30FNO5. The van der Waals surface area contributed by atoms with Gasteiger partial charge in [-0.25, -0.2) is 4.39 Å². The molecule has 0 saturated carbocycles. The van der Waals surface area contributed by atoms with E-state index in [1.54, 1.807) is 48.5 Å². The number of halogens is 1. The minimum atomic E-state index is -0.821. The van der Waals surface area contributed by atoms with Gasteiger partial charge in [-0.05, 0) is 74.7 Å². The highest BCUT2D eigenvalue weighted by molar-refractivity contribution is 6.46. The average Bonchev–Trinajstić information content (AvgIpc) is 3.13. The summed E-state index contributed by atoms with van der Waals surface area (Å²) in [5.41, 5.74) is 2.67. The van der Waals surface area contributed by atoms with E-state index in [4.69, 9.17) is 9.47 Å². The Bertz CT molecular complexity index is 1330. The normalized spacial score (nSPS) is 16.9. The number of ether oxygens (including phenoxy) is 2. The van der Waals surface area contributed by atoms with E-state index in [-0.39, 0.29) is 29.8 Å². The molecule has 1 amide bonds. The predicted molar refractivity (Wildman–Crippen MR) is 139 cm³/mol. The number of amides is 1. The highest BCUT2D eigenvalue weighted by atomic mass is 19.1. The van der Waals surface area contributed by atoms with Gasteiger partial charge in [0, 0.05) is 6.54 Å². The smallest absolute Gasteiger partial charge is 0.295 e. The first-order chi connectivity index (χ1) is 17.7. The lowest BCUT2D eigenvalue weighted by Gasteiger charge is -2.26. The van der Waals surface area contributed by atoms with Crippen molar-refractivity contribution in [2.75, 3.05) is 13.7 Å². The van der Waals surface area contributed by atoms with Gasteiger partial charge in [-0.15, -0.1) is 0 Å². The molecule has 1 atom stereocenters. The van der Waals surface area contributed by atoms with E-state index in [9.17, 15) is 19.1 Å². The van der Waals surface area contributed by atoms with E-state index >= 15 is 0 Å². The average molecular weight is 504 g/mol. The number of hydrogen-bond donors (Lipinski definition) is 1. The summed E-state index contributed by atoms with van der Waals surface area (Å²) in [7, 11) is 1.48. The van der Waals surface area contributed by atoms with E-state index in [2.05, 4.69) is 0 Å². The van der Waals surface area contributed by atoms with Gasteiger partial charge < -0.3 is 19.5 Å². The molecule has 0 radical (unpaired) electrons. The Labute approximate surface area is 215 Å². The maximum absolute atomic E-state index is 13.4. The molecule has 1 saturated heterocycles. The summed E-state index contributed by atoms with van der Waals surface area (Å²) in [6.45, 7) is 5.91. The molecule has 1 N–H and O–H groups in total. The van der Waals surface area contributed by atoms with Crippen LogP contribution in [0.4, 0.5) is 4.39 Å². The third-order valence-corrected chi connectivity index (χ3v) is 6.27. The molecule has 1 fully saturated rings. The summed E-state index contributed by atoms with van der Waals surface area (Å²) in [5, 5.41) is 11.4. The SMILES string of the molecule is COc1ccc(C)cc1/C(O)=C1\C(=O)C(=O)N(CCc2ccc(F)cc2)C1c1ccc(OC(C)C)cc1. The van der Waals surface area contributed by atoms with Crippen LogP contribution in [-0.4, -0.2) is 41.5 Å². The van der Waals surface area contributed by atoms with Crippen molar-refractivity contribution in [3.8, 4) is 11.5 Å². The number of rotatable bonds is 8. The van der Waals surface area contributed by atoms with E-state index < -0.39 is 17.7 Å². The summed E-state index contributed by atoms with van der Waals surface area (Å²) in [4.78, 5) is 28.1. The second kappa shape index (κ2) is 10.9. The molecule has 0 aromatic heterocycles. The number of Topliss-reactive ketones (excluding diaryl/α,β-unsaturated/α-hetero) is 1. The van der Waals surface area contributed by atoms with Crippen LogP contribution in [0.2, 0.25) is 0 Å². The standard InChI is InChI=1S/C30H30FNO5/c1-18(2)37-23-12-8-21(9-13-23)27-26(28(33)24-17-19(3)5-14-25(24)36-4)29(34)30(35)32(27)16-15-20-6-10-22(31)11-7-20/h5-14,17-18,27,33H,15-16H2,1-4H3/b28-26+. The summed E-state index contributed by atoms with van der Waals surface area (Å²) in [5.74, 6) is -1.08. The first-order valence-corrected chi connectivity index (χ1v) is 12.1. The fourth-order valence-corrected chi connectivity index (χ4v) is 4.51. The zero-order chi connectivity index (χ0) is 26.7. The van der Waals surface area contributed by atoms with Crippen molar-refractivity contribution in [2.24, 2.45) is 0 Å². The Kier molecular flexibility index (Phi) is 7.62. The largest absolute Gasteiger partial charge is 0.507 e. The zero-order valence-electron chi connectivity index (χ0n) is 21.3. The number of nitrogens with zero attached hydrogens (tertiary/aromatic N) is 1. The first-order valence-electron chi connectivity index (χ1n) is 12.1. The fourth-order valence-electron chi connectivity index (χ4n) is 4.51. The predicted octanol–water partition coefficient (Wildman–Crippen LogP) is 5.59. The van der Waals surface area contributed by atoms with Gasteiger partial charge in [0.15, 0.2) is 0 Å². The quantitative estimate of drug-likeness (QED) is 0.246. The lowest BCUT2D eigenvalue weighted by molar-refractivity contribution is -0.139. The number of aryl methyl sites for hydroxylation is 1. The molecule has 0 bridgehead atoms. The summed E-state index contributed by atoms with van der Waals surface area (Å²) in [6.07, 6.45) is 0.396. The molecule has 6 nitrogen and oxygen atoms in total. The topological polar surface area (TPSA) is 76.1 Å². The molecule has 192 valence electrons. The summed E-state index contributed by atoms with van der Waals surface area (Å²) in [6, 6.07) is 17.6. The van der Waals surface area contributed by atoms with Crippen molar-refractivity contribution >= 4 is 17.4 Å². The van der Waals surface area contributed by atoms with Gasteiger partial charge in [-0.1, -0.05) is 35.9 Å². The van der Waals surface area contributed by atoms with Gasteiger partial charge in [0.1, 0.15) is 23.1 Å². The van der Waals surface area contributed by atoms with Crippen molar-refractivity contribution in [3.63, 3.8) is 0 Å². The number of aliphatic hydroxyl groups excluding tert-OH is 1. The van der Waals surface area contributed by atoms with Crippen LogP contribution in [0, 0.1) is 12.7 Å². The number of carbonyl (C=O) groups is 2. The van der Waals surface area contributed by atoms with Crippen molar-refractivity contribution in [1.82, 2.24) is 4.90 Å². The minimum Gasteiger partial charge on any atom is -0.507 e. The second-order valence-electron chi connectivity index (χ2n) is 9.31. The number of ketones is 1. The van der Waals surface area contributed by atoms with Crippen LogP contribution in [-0.2, 0) is 16.0 Å². The van der Waals surface area contributed by atoms with Crippen LogP contribution in [0.3, 0.4) is 0 Å². The van der Waals surface area contributed by atoms with Crippen LogP contribution < -0.4 is 9.47 Å². The van der Waals surface area contributed by atoms with Gasteiger partial charge >= 0.3 is 0 Å². The van der Waals surface area contributed by atoms with Gasteiger partial charge in [-0.2, -0.15) is 0 Å². The molecule has 1 aliphatic rings. The first kappa shape index (κ1) is 25.9. The Balaban J connectivity index is 1.80. The number of likely N-dealkylation sites (tertiary alicyclic amines) is 1. The number of methoxy groups -OCH3 is 1. The maximum Gasteiger partial charge on any atom is 0.295 e. The Morgan fingerprint density at radius 3 is 2.32 bits per heavy atom. The number of aliphatic hydroxyl groups is 1. The van der Waals surface area contributed by atoms with Gasteiger partial charge in [-0.3, -0.25) is 9.59 Å². The summed E-state index contributed by atoms with van der Waals surface area (Å²) < 4.78 is 24.5. The van der Waals surface area contributed by atoms with Crippen LogP contribution >= 0.6 is 0 Å². The maximum atomic E-state index is 13.4. The van der Waals surface area contributed by atoms with Crippen LogP contribution in [0.5, 0.6) is 11.5 Å². The Morgan fingerprint density at radius 1 is 1.03 bits per heavy atom. The lowest BCUT2D eigenvalue weighted by atomic mass is 9.94. The molecule has 4 rings (SSSR count). The molecule has 3 aromatic carbocycles. The molecule has 0 aliphatic carbocycles. The second-order valence-corrected chi connectivity index (χ2v) is 9.31. The highest BCUT2D eigenvalue weighted by Crippen LogP contribution is 2.41. The number of benzene rings is 3. The molecule has 3 aromatic rings. The van der Waals surface area contributed by atoms with Gasteiger partial charge in [0.2, 0.25) is 0 Å². The lowest BCUT2D eigenvalue weighted by Crippen LogP contribution is -2.31. The molecule has 1 aliphatic heterocycles. The molecule has 1 heterocycles. The third-order valence-electron chi connectivity index (χ3n) is 6.27. The Hall–Kier alpha value is -4.13. The van der Waals surface area contributed by atoms with Gasteiger partial charge in [0.05, 0.1) is 30.4 Å². The van der Waals surface area contributed by atoms with E-state index in [1.807, 2.05) is 26.8 Å². The third kappa shape index (κ3) is 5.50. The van der Waals surface area contributed by atoms with Crippen molar-refractivity contribution in [3.05, 3.63) is 100 Å². The van der Waals surface area contributed by atoms with E-state index in [0.29, 0.717) is 29.0 Å². The molecular weight excluding hydrogens is 473 g/mol. The zero-order valence-corrected chi connectivity index (χ0v) is 21.3. The van der Waals surface area contributed by atoms with Crippen LogP contribution in [0.25, 0.3) is 5.76 Å². The van der Waals surface area contributed by atoms with Crippen LogP contribution in [0.1, 0.15) is 42.1 Å². The summed E-state index contributed by atoms with van der Waals surface area (Å²) >= 11 is 0. The van der Waals surface area contributed by atoms with Crippen molar-refractivity contribution < 1.29 is 28.6 Å².